The molecule has 1 fully saturated rings. The van der Waals surface area contributed by atoms with Crippen molar-refractivity contribution in [3.63, 3.8) is 0 Å². The van der Waals surface area contributed by atoms with Gasteiger partial charge >= 0.3 is 0 Å². The summed E-state index contributed by atoms with van der Waals surface area (Å²) in [5.74, 6) is -0.361. The van der Waals surface area contributed by atoms with Crippen LogP contribution in [0.5, 0.6) is 0 Å². The number of carbonyl (C=O) groups excluding carboxylic acids is 2. The van der Waals surface area contributed by atoms with Crippen LogP contribution in [-0.2, 0) is 9.59 Å². The largest absolute Gasteiger partial charge is 0.341 e. The first-order valence-electron chi connectivity index (χ1n) is 7.86. The summed E-state index contributed by atoms with van der Waals surface area (Å²) in [5, 5.41) is 0. The molecule has 23 heavy (non-hydrogen) atoms. The molecule has 1 atom stereocenters. The number of rotatable bonds is 3. The zero-order valence-electron chi connectivity index (χ0n) is 14.0. The highest BCUT2D eigenvalue weighted by Gasteiger charge is 2.29. The maximum absolute atomic E-state index is 13.5. The minimum Gasteiger partial charge on any atom is -0.341 e. The Bertz CT molecular complexity index is 577. The number of halogens is 1. The lowest BCUT2D eigenvalue weighted by Crippen LogP contribution is -2.42. The van der Waals surface area contributed by atoms with Gasteiger partial charge in [0.25, 0.3) is 0 Å². The van der Waals surface area contributed by atoms with Crippen molar-refractivity contribution in [3.8, 4) is 0 Å². The molecule has 1 aromatic rings. The van der Waals surface area contributed by atoms with Crippen LogP contribution in [0.1, 0.15) is 24.9 Å². The molecule has 0 N–H and O–H groups in total. The van der Waals surface area contributed by atoms with Gasteiger partial charge in [0.2, 0.25) is 11.8 Å². The summed E-state index contributed by atoms with van der Waals surface area (Å²) in [6.45, 7) is 3.89. The van der Waals surface area contributed by atoms with E-state index in [1.54, 1.807) is 33.8 Å². The molecular formula is C17H24FN3O2. The minimum absolute atomic E-state index is 0.0357. The molecule has 5 nitrogen and oxygen atoms in total. The topological polar surface area (TPSA) is 43.9 Å². The van der Waals surface area contributed by atoms with E-state index in [9.17, 15) is 14.0 Å². The van der Waals surface area contributed by atoms with Gasteiger partial charge in [-0.25, -0.2) is 4.39 Å². The molecule has 0 saturated carbocycles. The van der Waals surface area contributed by atoms with Crippen molar-refractivity contribution >= 4 is 11.8 Å². The molecule has 0 spiro atoms. The highest BCUT2D eigenvalue weighted by atomic mass is 19.1. The van der Waals surface area contributed by atoms with Crippen LogP contribution in [0.15, 0.2) is 24.3 Å². The maximum Gasteiger partial charge on any atom is 0.244 e. The van der Waals surface area contributed by atoms with Gasteiger partial charge in [-0.3, -0.25) is 14.5 Å². The van der Waals surface area contributed by atoms with E-state index in [1.165, 1.54) is 12.1 Å². The third-order valence-corrected chi connectivity index (χ3v) is 4.17. The van der Waals surface area contributed by atoms with Crippen molar-refractivity contribution in [2.75, 3.05) is 40.3 Å². The monoisotopic (exact) mass is 321 g/mol. The van der Waals surface area contributed by atoms with Crippen LogP contribution in [0.3, 0.4) is 0 Å². The zero-order chi connectivity index (χ0) is 17.0. The number of carbonyl (C=O) groups is 2. The average Bonchev–Trinajstić information content (AvgIpc) is 2.73. The van der Waals surface area contributed by atoms with Gasteiger partial charge < -0.3 is 9.80 Å². The van der Waals surface area contributed by atoms with Crippen LogP contribution < -0.4 is 0 Å². The van der Waals surface area contributed by atoms with Gasteiger partial charge in [-0.15, -0.1) is 0 Å². The van der Waals surface area contributed by atoms with Crippen LogP contribution >= 0.6 is 0 Å². The van der Waals surface area contributed by atoms with E-state index in [1.807, 2.05) is 14.1 Å². The Morgan fingerprint density at radius 1 is 1.13 bits per heavy atom. The summed E-state index contributed by atoms with van der Waals surface area (Å²) in [4.78, 5) is 29.8. The second-order valence-electron chi connectivity index (χ2n) is 6.11. The normalized spacial score (nSPS) is 17.1. The van der Waals surface area contributed by atoms with Crippen LogP contribution in [-0.4, -0.2) is 66.8 Å². The molecule has 1 heterocycles. The second-order valence-corrected chi connectivity index (χ2v) is 6.11. The van der Waals surface area contributed by atoms with Gasteiger partial charge in [-0.05, 0) is 38.2 Å². The highest BCUT2D eigenvalue weighted by molar-refractivity contribution is 5.83. The molecule has 0 radical (unpaired) electrons. The minimum atomic E-state index is -0.519. The number of hydrogen-bond acceptors (Lipinski definition) is 3. The number of likely N-dealkylation sites (N-methyl/N-ethyl adjacent to an activating group) is 1. The number of nitrogens with zero attached hydrogens (tertiary/aromatic N) is 3. The maximum atomic E-state index is 13.5. The molecule has 6 heteroatoms. The van der Waals surface area contributed by atoms with E-state index < -0.39 is 6.04 Å². The molecule has 2 rings (SSSR count). The van der Waals surface area contributed by atoms with Crippen LogP contribution in [0.2, 0.25) is 0 Å². The van der Waals surface area contributed by atoms with E-state index in [0.717, 1.165) is 6.42 Å². The standard InChI is InChI=1S/C17H24FN3O2/c1-13(22)20-8-5-9-21(11-10-20)17(23)16(19(2)3)14-6-4-7-15(18)12-14/h4,6-7,12,16H,5,8-11H2,1-3H3/t16-/m0/s1. The van der Waals surface area contributed by atoms with Gasteiger partial charge in [-0.1, -0.05) is 12.1 Å². The first kappa shape index (κ1) is 17.4. The zero-order valence-corrected chi connectivity index (χ0v) is 14.0. The Labute approximate surface area is 136 Å². The van der Waals surface area contributed by atoms with Crippen LogP contribution in [0.4, 0.5) is 4.39 Å². The molecule has 126 valence electrons. The molecule has 0 aliphatic carbocycles. The molecule has 1 saturated heterocycles. The molecule has 0 bridgehead atoms. The highest BCUT2D eigenvalue weighted by Crippen LogP contribution is 2.22. The first-order chi connectivity index (χ1) is 10.9. The summed E-state index contributed by atoms with van der Waals surface area (Å²) < 4.78 is 13.5. The van der Waals surface area contributed by atoms with Gasteiger partial charge in [0.05, 0.1) is 0 Å². The quantitative estimate of drug-likeness (QED) is 0.848. The Morgan fingerprint density at radius 2 is 1.78 bits per heavy atom. The molecule has 1 aromatic carbocycles. The summed E-state index contributed by atoms with van der Waals surface area (Å²) >= 11 is 0. The molecule has 1 aliphatic heterocycles. The Hall–Kier alpha value is -1.95. The Kier molecular flexibility index (Phi) is 5.71. The fourth-order valence-corrected chi connectivity index (χ4v) is 2.96. The third kappa shape index (κ3) is 4.28. The van der Waals surface area contributed by atoms with E-state index in [4.69, 9.17) is 0 Å². The number of amides is 2. The third-order valence-electron chi connectivity index (χ3n) is 4.17. The molecule has 0 unspecified atom stereocenters. The van der Waals surface area contributed by atoms with E-state index in [-0.39, 0.29) is 17.6 Å². The van der Waals surface area contributed by atoms with E-state index in [0.29, 0.717) is 31.7 Å². The van der Waals surface area contributed by atoms with Gasteiger partial charge in [0, 0.05) is 33.1 Å². The van der Waals surface area contributed by atoms with Crippen molar-refractivity contribution < 1.29 is 14.0 Å². The van der Waals surface area contributed by atoms with Gasteiger partial charge in [0.15, 0.2) is 0 Å². The molecule has 1 aliphatic rings. The first-order valence-corrected chi connectivity index (χ1v) is 7.86. The van der Waals surface area contributed by atoms with Crippen molar-refractivity contribution in [2.24, 2.45) is 0 Å². The fourth-order valence-electron chi connectivity index (χ4n) is 2.96. The summed E-state index contributed by atoms with van der Waals surface area (Å²) in [7, 11) is 3.63. The predicted octanol–water partition coefficient (Wildman–Crippen LogP) is 1.51. The van der Waals surface area contributed by atoms with Crippen LogP contribution in [0.25, 0.3) is 0 Å². The smallest absolute Gasteiger partial charge is 0.244 e. The SMILES string of the molecule is CC(=O)N1CCCN(C(=O)[C@H](c2cccc(F)c2)N(C)C)CC1. The fraction of sp³-hybridized carbons (Fsp3) is 0.529. The molecule has 2 amide bonds. The average molecular weight is 321 g/mol. The van der Waals surface area contributed by atoms with E-state index in [2.05, 4.69) is 0 Å². The van der Waals surface area contributed by atoms with Crippen molar-refractivity contribution in [1.82, 2.24) is 14.7 Å². The molecular weight excluding hydrogens is 297 g/mol. The number of hydrogen-bond donors (Lipinski definition) is 0. The number of benzene rings is 1. The molecule has 0 aromatic heterocycles. The summed E-state index contributed by atoms with van der Waals surface area (Å²) in [6, 6.07) is 5.65. The van der Waals surface area contributed by atoms with Gasteiger partial charge in [-0.2, -0.15) is 0 Å². The Balaban J connectivity index is 2.16. The Morgan fingerprint density at radius 3 is 2.39 bits per heavy atom. The van der Waals surface area contributed by atoms with Crippen molar-refractivity contribution in [1.29, 1.82) is 0 Å². The lowest BCUT2D eigenvalue weighted by Gasteiger charge is -2.30. The lowest BCUT2D eigenvalue weighted by atomic mass is 10.0. The predicted molar refractivity (Wildman–Crippen MR) is 86.3 cm³/mol. The lowest BCUT2D eigenvalue weighted by molar-refractivity contribution is -0.137. The van der Waals surface area contributed by atoms with Crippen LogP contribution in [0, 0.1) is 5.82 Å². The van der Waals surface area contributed by atoms with Gasteiger partial charge in [0.1, 0.15) is 11.9 Å². The van der Waals surface area contributed by atoms with Crippen molar-refractivity contribution in [3.05, 3.63) is 35.6 Å². The summed E-state index contributed by atoms with van der Waals surface area (Å²) in [5.41, 5.74) is 0.646. The van der Waals surface area contributed by atoms with Crippen molar-refractivity contribution in [2.45, 2.75) is 19.4 Å². The second kappa shape index (κ2) is 7.55. The van der Waals surface area contributed by atoms with E-state index >= 15 is 0 Å². The summed E-state index contributed by atoms with van der Waals surface area (Å²) in [6.07, 6.45) is 0.759.